The Hall–Kier alpha value is -0.0800. The lowest BCUT2D eigenvalue weighted by Crippen LogP contribution is -2.75. The van der Waals surface area contributed by atoms with E-state index in [0.29, 0.717) is 11.1 Å². The molecule has 1 saturated heterocycles. The summed E-state index contributed by atoms with van der Waals surface area (Å²) in [7, 11) is 0. The van der Waals surface area contributed by atoms with Gasteiger partial charge >= 0.3 is 0 Å². The summed E-state index contributed by atoms with van der Waals surface area (Å²) in [5.74, 6) is 1.68. The Balaban J connectivity index is 1.82. The molecule has 3 fully saturated rings. The van der Waals surface area contributed by atoms with Crippen molar-refractivity contribution in [1.29, 1.82) is 0 Å². The minimum absolute atomic E-state index is 0.405. The minimum atomic E-state index is 0.405. The molecule has 2 saturated carbocycles. The first-order chi connectivity index (χ1) is 8.67. The summed E-state index contributed by atoms with van der Waals surface area (Å²) in [6.45, 7) is 7.34. The zero-order valence-corrected chi connectivity index (χ0v) is 12.2. The standard InChI is InChI=1S/C16H30N2/c1-13-7-3-5-9-15(13)11-17-12-16(18-15)10-6-4-8-14(16)2/h13-14,17-18H,3-12H2,1-2H3. The zero-order valence-electron chi connectivity index (χ0n) is 12.2. The molecule has 4 unspecified atom stereocenters. The summed E-state index contributed by atoms with van der Waals surface area (Å²) in [5, 5.41) is 8.03. The second-order valence-electron chi connectivity index (χ2n) is 7.33. The third-order valence-corrected chi connectivity index (χ3v) is 6.29. The largest absolute Gasteiger partial charge is 0.313 e. The second kappa shape index (κ2) is 4.79. The highest BCUT2D eigenvalue weighted by Gasteiger charge is 2.49. The monoisotopic (exact) mass is 250 g/mol. The Labute approximate surface area is 112 Å². The predicted octanol–water partition coefficient (Wildman–Crippen LogP) is 3.08. The fourth-order valence-electron chi connectivity index (χ4n) is 4.82. The molecule has 104 valence electrons. The molecule has 2 heteroatoms. The summed E-state index contributed by atoms with van der Waals surface area (Å²) in [6.07, 6.45) is 11.3. The van der Waals surface area contributed by atoms with E-state index >= 15 is 0 Å². The van der Waals surface area contributed by atoms with Gasteiger partial charge in [0, 0.05) is 24.2 Å². The molecule has 0 amide bonds. The molecule has 2 aliphatic carbocycles. The molecule has 2 nitrogen and oxygen atoms in total. The van der Waals surface area contributed by atoms with Crippen LogP contribution >= 0.6 is 0 Å². The van der Waals surface area contributed by atoms with Gasteiger partial charge in [-0.1, -0.05) is 39.5 Å². The van der Waals surface area contributed by atoms with Crippen molar-refractivity contribution in [3.63, 3.8) is 0 Å². The highest BCUT2D eigenvalue weighted by molar-refractivity contribution is 5.10. The fraction of sp³-hybridized carbons (Fsp3) is 1.00. The highest BCUT2D eigenvalue weighted by atomic mass is 15.2. The molecule has 0 radical (unpaired) electrons. The van der Waals surface area contributed by atoms with E-state index in [0.717, 1.165) is 11.8 Å². The molecule has 1 heterocycles. The van der Waals surface area contributed by atoms with E-state index in [9.17, 15) is 0 Å². The summed E-state index contributed by atoms with van der Waals surface area (Å²) in [6, 6.07) is 0. The Morgan fingerprint density at radius 1 is 0.778 bits per heavy atom. The molecule has 0 aromatic heterocycles. The van der Waals surface area contributed by atoms with Gasteiger partial charge in [0.1, 0.15) is 0 Å². The minimum Gasteiger partial charge on any atom is -0.313 e. The number of rotatable bonds is 0. The molecular formula is C16H30N2. The van der Waals surface area contributed by atoms with E-state index in [1.165, 1.54) is 64.5 Å². The lowest BCUT2D eigenvalue weighted by molar-refractivity contribution is 0.0194. The van der Waals surface area contributed by atoms with Gasteiger partial charge in [-0.05, 0) is 37.5 Å². The van der Waals surface area contributed by atoms with Crippen LogP contribution in [0.2, 0.25) is 0 Å². The molecular weight excluding hydrogens is 220 g/mol. The van der Waals surface area contributed by atoms with Gasteiger partial charge in [-0.15, -0.1) is 0 Å². The average molecular weight is 250 g/mol. The van der Waals surface area contributed by atoms with Crippen LogP contribution in [0.1, 0.15) is 65.2 Å². The first-order valence-electron chi connectivity index (χ1n) is 8.17. The Morgan fingerprint density at radius 2 is 1.28 bits per heavy atom. The van der Waals surface area contributed by atoms with E-state index in [2.05, 4.69) is 24.5 Å². The van der Waals surface area contributed by atoms with Crippen molar-refractivity contribution in [3.05, 3.63) is 0 Å². The van der Waals surface area contributed by atoms with Crippen LogP contribution in [0.4, 0.5) is 0 Å². The molecule has 3 rings (SSSR count). The maximum Gasteiger partial charge on any atom is 0.0337 e. The Morgan fingerprint density at radius 3 is 1.72 bits per heavy atom. The van der Waals surface area contributed by atoms with Crippen molar-refractivity contribution in [3.8, 4) is 0 Å². The van der Waals surface area contributed by atoms with Crippen molar-refractivity contribution >= 4 is 0 Å². The van der Waals surface area contributed by atoms with Gasteiger partial charge in [-0.3, -0.25) is 0 Å². The summed E-state index contributed by atoms with van der Waals surface area (Å²) in [4.78, 5) is 0. The van der Waals surface area contributed by atoms with Crippen LogP contribution in [0.5, 0.6) is 0 Å². The smallest absolute Gasteiger partial charge is 0.0337 e. The van der Waals surface area contributed by atoms with Gasteiger partial charge in [-0.2, -0.15) is 0 Å². The van der Waals surface area contributed by atoms with Crippen molar-refractivity contribution in [2.75, 3.05) is 13.1 Å². The van der Waals surface area contributed by atoms with Crippen LogP contribution < -0.4 is 10.6 Å². The Kier molecular flexibility index (Phi) is 3.44. The van der Waals surface area contributed by atoms with Crippen LogP contribution in [-0.4, -0.2) is 24.2 Å². The molecule has 0 aromatic carbocycles. The van der Waals surface area contributed by atoms with E-state index < -0.39 is 0 Å². The predicted molar refractivity (Wildman–Crippen MR) is 76.7 cm³/mol. The van der Waals surface area contributed by atoms with Crippen molar-refractivity contribution in [1.82, 2.24) is 10.6 Å². The zero-order chi connectivity index (χ0) is 12.6. The van der Waals surface area contributed by atoms with E-state index in [-0.39, 0.29) is 0 Å². The van der Waals surface area contributed by atoms with Crippen LogP contribution in [0, 0.1) is 11.8 Å². The maximum atomic E-state index is 4.22. The topological polar surface area (TPSA) is 24.1 Å². The van der Waals surface area contributed by atoms with Crippen LogP contribution in [0.15, 0.2) is 0 Å². The first-order valence-corrected chi connectivity index (χ1v) is 8.17. The van der Waals surface area contributed by atoms with Gasteiger partial charge in [0.15, 0.2) is 0 Å². The van der Waals surface area contributed by atoms with Crippen molar-refractivity contribution < 1.29 is 0 Å². The number of hydrogen-bond donors (Lipinski definition) is 2. The average Bonchev–Trinajstić information content (AvgIpc) is 2.38. The summed E-state index contributed by atoms with van der Waals surface area (Å²) < 4.78 is 0. The first kappa shape index (κ1) is 12.9. The normalized spacial score (nSPS) is 49.7. The van der Waals surface area contributed by atoms with E-state index in [4.69, 9.17) is 0 Å². The van der Waals surface area contributed by atoms with Gasteiger partial charge in [-0.25, -0.2) is 0 Å². The van der Waals surface area contributed by atoms with Crippen LogP contribution in [0.3, 0.4) is 0 Å². The Bertz CT molecular complexity index is 267. The molecule has 4 atom stereocenters. The van der Waals surface area contributed by atoms with Crippen LogP contribution in [0.25, 0.3) is 0 Å². The van der Waals surface area contributed by atoms with Gasteiger partial charge in [0.25, 0.3) is 0 Å². The third kappa shape index (κ3) is 2.02. The number of nitrogens with one attached hydrogen (secondary N) is 2. The molecule has 1 aliphatic heterocycles. The van der Waals surface area contributed by atoms with Crippen LogP contribution in [-0.2, 0) is 0 Å². The molecule has 2 spiro atoms. The lowest BCUT2D eigenvalue weighted by Gasteiger charge is -2.57. The molecule has 2 N–H and O–H groups in total. The SMILES string of the molecule is CC1CCCCC12CNCC1(CCCCC1C)N2. The highest BCUT2D eigenvalue weighted by Crippen LogP contribution is 2.42. The molecule has 0 bridgehead atoms. The molecule has 0 aromatic rings. The van der Waals surface area contributed by atoms with Gasteiger partial charge in [0.2, 0.25) is 0 Å². The van der Waals surface area contributed by atoms with Crippen molar-refractivity contribution in [2.24, 2.45) is 11.8 Å². The number of hydrogen-bond acceptors (Lipinski definition) is 2. The van der Waals surface area contributed by atoms with E-state index in [1.54, 1.807) is 0 Å². The second-order valence-corrected chi connectivity index (χ2v) is 7.33. The quantitative estimate of drug-likeness (QED) is 0.690. The third-order valence-electron chi connectivity index (χ3n) is 6.29. The summed E-state index contributed by atoms with van der Waals surface area (Å²) in [5.41, 5.74) is 0.810. The van der Waals surface area contributed by atoms with E-state index in [1.807, 2.05) is 0 Å². The molecule has 18 heavy (non-hydrogen) atoms. The lowest BCUT2D eigenvalue weighted by atomic mass is 9.65. The maximum absolute atomic E-state index is 4.22. The van der Waals surface area contributed by atoms with Gasteiger partial charge in [0.05, 0.1) is 0 Å². The molecule has 3 aliphatic rings. The summed E-state index contributed by atoms with van der Waals surface area (Å²) >= 11 is 0. The fourth-order valence-corrected chi connectivity index (χ4v) is 4.82. The number of piperazine rings is 1. The van der Waals surface area contributed by atoms with Gasteiger partial charge < -0.3 is 10.6 Å². The van der Waals surface area contributed by atoms with Crippen molar-refractivity contribution in [2.45, 2.75) is 76.3 Å².